The van der Waals surface area contributed by atoms with Crippen LogP contribution in [-0.2, 0) is 11.3 Å². The highest BCUT2D eigenvalue weighted by molar-refractivity contribution is 7.09. The van der Waals surface area contributed by atoms with Crippen LogP contribution in [0.2, 0.25) is 0 Å². The minimum Gasteiger partial charge on any atom is -0.346 e. The van der Waals surface area contributed by atoms with Gasteiger partial charge < -0.3 is 5.32 Å². The molecule has 5 nitrogen and oxygen atoms in total. The molecule has 6 heteroatoms. The highest BCUT2D eigenvalue weighted by atomic mass is 32.1. The van der Waals surface area contributed by atoms with Crippen molar-refractivity contribution in [3.8, 4) is 0 Å². The lowest BCUT2D eigenvalue weighted by atomic mass is 9.90. The molecule has 2 aliphatic rings. The number of nitrogens with zero attached hydrogens (tertiary/aromatic N) is 3. The van der Waals surface area contributed by atoms with E-state index in [1.165, 1.54) is 5.56 Å². The van der Waals surface area contributed by atoms with Crippen LogP contribution in [0.3, 0.4) is 0 Å². The summed E-state index contributed by atoms with van der Waals surface area (Å²) in [5.74, 6) is 0.870. The standard InChI is InChI=1S/C19H24N4OS/c24-18(15-3-4-15)22-17(19-21-9-11-25-19)16-2-1-10-23(13-16)12-14-5-7-20-8-6-14/h5-9,11,15-17H,1-4,10,12-13H2,(H,22,24)/t16-,17-/m0/s1. The number of thiazole rings is 1. The van der Waals surface area contributed by atoms with Gasteiger partial charge in [-0.3, -0.25) is 14.7 Å². The lowest BCUT2D eigenvalue weighted by Crippen LogP contribution is -2.43. The van der Waals surface area contributed by atoms with E-state index in [9.17, 15) is 4.79 Å². The molecule has 2 atom stereocenters. The molecule has 1 amide bonds. The number of rotatable bonds is 6. The largest absolute Gasteiger partial charge is 0.346 e. The summed E-state index contributed by atoms with van der Waals surface area (Å²) in [6, 6.07) is 4.21. The Balaban J connectivity index is 1.45. The third-order valence-corrected chi connectivity index (χ3v) is 5.99. The first-order valence-corrected chi connectivity index (χ1v) is 9.98. The zero-order valence-corrected chi connectivity index (χ0v) is 15.1. The molecule has 25 heavy (non-hydrogen) atoms. The van der Waals surface area contributed by atoms with Gasteiger partial charge in [-0.05, 0) is 55.8 Å². The maximum Gasteiger partial charge on any atom is 0.223 e. The number of pyridine rings is 1. The number of carbonyl (C=O) groups is 1. The predicted molar refractivity (Wildman–Crippen MR) is 98.0 cm³/mol. The Morgan fingerprint density at radius 1 is 1.28 bits per heavy atom. The third-order valence-electron chi connectivity index (χ3n) is 5.13. The van der Waals surface area contributed by atoms with E-state index in [1.54, 1.807) is 11.3 Å². The summed E-state index contributed by atoms with van der Waals surface area (Å²) in [5, 5.41) is 6.36. The van der Waals surface area contributed by atoms with Crippen LogP contribution in [0, 0.1) is 11.8 Å². The molecular formula is C19H24N4OS. The molecule has 1 aliphatic carbocycles. The van der Waals surface area contributed by atoms with E-state index in [2.05, 4.69) is 32.3 Å². The molecule has 132 valence electrons. The lowest BCUT2D eigenvalue weighted by molar-refractivity contribution is -0.123. The number of aromatic nitrogens is 2. The number of piperidine rings is 1. The second-order valence-electron chi connectivity index (χ2n) is 7.12. The zero-order valence-electron chi connectivity index (χ0n) is 14.3. The Kier molecular flexibility index (Phi) is 5.08. The number of hydrogen-bond donors (Lipinski definition) is 1. The van der Waals surface area contributed by atoms with Gasteiger partial charge in [-0.25, -0.2) is 4.98 Å². The molecule has 2 aromatic heterocycles. The Hall–Kier alpha value is -1.79. The second kappa shape index (κ2) is 7.62. The van der Waals surface area contributed by atoms with Crippen LogP contribution < -0.4 is 5.32 Å². The van der Waals surface area contributed by atoms with Gasteiger partial charge in [0.15, 0.2) is 0 Å². The maximum absolute atomic E-state index is 12.4. The molecule has 1 saturated carbocycles. The fourth-order valence-corrected chi connectivity index (χ4v) is 4.42. The van der Waals surface area contributed by atoms with E-state index in [-0.39, 0.29) is 17.9 Å². The number of hydrogen-bond acceptors (Lipinski definition) is 5. The summed E-state index contributed by atoms with van der Waals surface area (Å²) in [7, 11) is 0. The van der Waals surface area contributed by atoms with Gasteiger partial charge >= 0.3 is 0 Å². The normalized spacial score (nSPS) is 22.5. The van der Waals surface area contributed by atoms with Gasteiger partial charge in [0.2, 0.25) is 5.91 Å². The van der Waals surface area contributed by atoms with Crippen molar-refractivity contribution in [1.29, 1.82) is 0 Å². The van der Waals surface area contributed by atoms with Crippen LogP contribution in [0.15, 0.2) is 36.1 Å². The first kappa shape index (κ1) is 16.7. The Labute approximate surface area is 152 Å². The molecular weight excluding hydrogens is 332 g/mol. The molecule has 1 N–H and O–H groups in total. The molecule has 3 heterocycles. The van der Waals surface area contributed by atoms with Gasteiger partial charge in [-0.2, -0.15) is 0 Å². The number of carbonyl (C=O) groups excluding carboxylic acids is 1. The van der Waals surface area contributed by atoms with E-state index >= 15 is 0 Å². The summed E-state index contributed by atoms with van der Waals surface area (Å²) in [4.78, 5) is 23.5. The van der Waals surface area contributed by atoms with Crippen molar-refractivity contribution in [3.05, 3.63) is 46.7 Å². The Morgan fingerprint density at radius 3 is 2.84 bits per heavy atom. The number of amides is 1. The van der Waals surface area contributed by atoms with Crippen molar-refractivity contribution in [2.75, 3.05) is 13.1 Å². The molecule has 2 fully saturated rings. The average molecular weight is 356 g/mol. The summed E-state index contributed by atoms with van der Waals surface area (Å²) in [6.45, 7) is 3.05. The van der Waals surface area contributed by atoms with E-state index in [4.69, 9.17) is 0 Å². The molecule has 0 radical (unpaired) electrons. The molecule has 1 aliphatic heterocycles. The molecule has 0 aromatic carbocycles. The van der Waals surface area contributed by atoms with Gasteiger partial charge in [-0.15, -0.1) is 11.3 Å². The smallest absolute Gasteiger partial charge is 0.223 e. The predicted octanol–water partition coefficient (Wildman–Crippen LogP) is 3.02. The molecule has 4 rings (SSSR count). The van der Waals surface area contributed by atoms with Crippen LogP contribution in [0.25, 0.3) is 0 Å². The van der Waals surface area contributed by atoms with Crippen molar-refractivity contribution < 1.29 is 4.79 Å². The molecule has 1 saturated heterocycles. The Morgan fingerprint density at radius 2 is 2.12 bits per heavy atom. The summed E-state index contributed by atoms with van der Waals surface area (Å²) < 4.78 is 0. The highest BCUT2D eigenvalue weighted by Crippen LogP contribution is 2.34. The maximum atomic E-state index is 12.4. The van der Waals surface area contributed by atoms with E-state index < -0.39 is 0 Å². The second-order valence-corrected chi connectivity index (χ2v) is 8.05. The summed E-state index contributed by atoms with van der Waals surface area (Å²) in [5.41, 5.74) is 1.29. The Bertz CT molecular complexity index is 687. The van der Waals surface area contributed by atoms with E-state index in [0.29, 0.717) is 5.92 Å². The van der Waals surface area contributed by atoms with Gasteiger partial charge in [0.25, 0.3) is 0 Å². The first-order valence-electron chi connectivity index (χ1n) is 9.10. The van der Waals surface area contributed by atoms with Gasteiger partial charge in [0.1, 0.15) is 5.01 Å². The third kappa shape index (κ3) is 4.25. The van der Waals surface area contributed by atoms with E-state index in [0.717, 1.165) is 50.3 Å². The molecule has 0 bridgehead atoms. The SMILES string of the molecule is O=C(N[C@H](c1nccs1)[C@H]1CCCN(Cc2ccncc2)C1)C1CC1. The minimum absolute atomic E-state index is 0.0494. The quantitative estimate of drug-likeness (QED) is 0.864. The van der Waals surface area contributed by atoms with Gasteiger partial charge in [-0.1, -0.05) is 0 Å². The minimum atomic E-state index is 0.0494. The fraction of sp³-hybridized carbons (Fsp3) is 0.526. The molecule has 0 spiro atoms. The summed E-state index contributed by atoms with van der Waals surface area (Å²) in [6.07, 6.45) is 9.92. The first-order chi connectivity index (χ1) is 12.3. The topological polar surface area (TPSA) is 58.1 Å². The van der Waals surface area contributed by atoms with E-state index in [1.807, 2.05) is 24.0 Å². The molecule has 0 unspecified atom stereocenters. The van der Waals surface area contributed by atoms with Gasteiger partial charge in [0.05, 0.1) is 6.04 Å². The van der Waals surface area contributed by atoms with Crippen LogP contribution >= 0.6 is 11.3 Å². The van der Waals surface area contributed by atoms with Crippen LogP contribution in [0.4, 0.5) is 0 Å². The number of likely N-dealkylation sites (tertiary alicyclic amines) is 1. The van der Waals surface area contributed by atoms with Crippen molar-refractivity contribution in [2.45, 2.75) is 38.3 Å². The lowest BCUT2D eigenvalue weighted by Gasteiger charge is -2.36. The highest BCUT2D eigenvalue weighted by Gasteiger charge is 2.35. The van der Waals surface area contributed by atoms with Crippen LogP contribution in [0.5, 0.6) is 0 Å². The molecule has 2 aromatic rings. The zero-order chi connectivity index (χ0) is 17.1. The summed E-state index contributed by atoms with van der Waals surface area (Å²) >= 11 is 1.65. The number of nitrogens with one attached hydrogen (secondary N) is 1. The monoisotopic (exact) mass is 356 g/mol. The van der Waals surface area contributed by atoms with Crippen LogP contribution in [0.1, 0.15) is 42.3 Å². The van der Waals surface area contributed by atoms with Crippen molar-refractivity contribution >= 4 is 17.2 Å². The average Bonchev–Trinajstić information content (AvgIpc) is 3.36. The fourth-order valence-electron chi connectivity index (χ4n) is 3.64. The van der Waals surface area contributed by atoms with Crippen molar-refractivity contribution in [3.63, 3.8) is 0 Å². The van der Waals surface area contributed by atoms with Crippen LogP contribution in [-0.4, -0.2) is 33.9 Å². The van der Waals surface area contributed by atoms with Crippen molar-refractivity contribution in [2.24, 2.45) is 11.8 Å². The van der Waals surface area contributed by atoms with Crippen molar-refractivity contribution in [1.82, 2.24) is 20.2 Å². The van der Waals surface area contributed by atoms with Gasteiger partial charge in [0, 0.05) is 43.0 Å².